The van der Waals surface area contributed by atoms with Crippen molar-refractivity contribution in [2.75, 3.05) is 0 Å². The molecular formula is C32H52O2. The van der Waals surface area contributed by atoms with Crippen molar-refractivity contribution in [1.82, 2.24) is 0 Å². The van der Waals surface area contributed by atoms with Gasteiger partial charge in [-0.05, 0) is 86.3 Å². The second-order valence-electron chi connectivity index (χ2n) is 11.7. The maximum absolute atomic E-state index is 12.8. The Hall–Kier alpha value is -1.31. The van der Waals surface area contributed by atoms with Crippen LogP contribution in [0.1, 0.15) is 129 Å². The fourth-order valence-corrected chi connectivity index (χ4v) is 6.43. The van der Waals surface area contributed by atoms with Crippen molar-refractivity contribution in [2.45, 2.75) is 130 Å². The highest BCUT2D eigenvalue weighted by molar-refractivity contribution is 5.75. The minimum Gasteiger partial charge on any atom is -0.426 e. The first-order valence-corrected chi connectivity index (χ1v) is 14.9. The van der Waals surface area contributed by atoms with Crippen molar-refractivity contribution < 1.29 is 9.53 Å². The maximum Gasteiger partial charge on any atom is 0.314 e. The predicted molar refractivity (Wildman–Crippen MR) is 144 cm³/mol. The molecule has 34 heavy (non-hydrogen) atoms. The van der Waals surface area contributed by atoms with Gasteiger partial charge in [-0.15, -0.1) is 0 Å². The molecule has 0 bridgehead atoms. The van der Waals surface area contributed by atoms with Gasteiger partial charge in [0, 0.05) is 0 Å². The summed E-state index contributed by atoms with van der Waals surface area (Å²) in [7, 11) is 0. The fourth-order valence-electron chi connectivity index (χ4n) is 6.43. The lowest BCUT2D eigenvalue weighted by Crippen LogP contribution is -2.30. The Labute approximate surface area is 210 Å². The molecule has 2 heteroatoms. The van der Waals surface area contributed by atoms with Crippen molar-refractivity contribution in [3.63, 3.8) is 0 Å². The molecule has 1 atom stereocenters. The van der Waals surface area contributed by atoms with Crippen LogP contribution >= 0.6 is 0 Å². The zero-order chi connectivity index (χ0) is 24.2. The van der Waals surface area contributed by atoms with Crippen LogP contribution < -0.4 is 4.74 Å². The minimum atomic E-state index is -0.00392. The molecule has 2 saturated carbocycles. The maximum atomic E-state index is 12.8. The van der Waals surface area contributed by atoms with E-state index in [2.05, 4.69) is 32.9 Å². The minimum absolute atomic E-state index is 0.00392. The number of hydrogen-bond donors (Lipinski definition) is 0. The Morgan fingerprint density at radius 2 is 1.41 bits per heavy atom. The van der Waals surface area contributed by atoms with Gasteiger partial charge in [-0.2, -0.15) is 0 Å². The van der Waals surface area contributed by atoms with E-state index in [0.717, 1.165) is 37.0 Å². The summed E-state index contributed by atoms with van der Waals surface area (Å²) in [6, 6.07) is 8.19. The lowest BCUT2D eigenvalue weighted by Gasteiger charge is -2.37. The molecule has 0 spiro atoms. The van der Waals surface area contributed by atoms with Gasteiger partial charge in [-0.3, -0.25) is 4.79 Å². The van der Waals surface area contributed by atoms with Crippen molar-refractivity contribution in [1.29, 1.82) is 0 Å². The average Bonchev–Trinajstić information content (AvgIpc) is 2.87. The summed E-state index contributed by atoms with van der Waals surface area (Å²) >= 11 is 0. The smallest absolute Gasteiger partial charge is 0.314 e. The van der Waals surface area contributed by atoms with Crippen molar-refractivity contribution >= 4 is 5.97 Å². The summed E-state index contributed by atoms with van der Waals surface area (Å²) in [6.07, 6.45) is 22.6. The molecule has 1 unspecified atom stereocenters. The van der Waals surface area contributed by atoms with E-state index in [1.807, 2.05) is 12.1 Å². The summed E-state index contributed by atoms with van der Waals surface area (Å²) in [5, 5.41) is 0. The Morgan fingerprint density at radius 1 is 0.824 bits per heavy atom. The predicted octanol–water partition coefficient (Wildman–Crippen LogP) is 9.54. The first-order chi connectivity index (χ1) is 16.6. The third kappa shape index (κ3) is 9.04. The van der Waals surface area contributed by atoms with Crippen LogP contribution in [0.25, 0.3) is 0 Å². The fraction of sp³-hybridized carbons (Fsp3) is 0.781. The number of benzene rings is 1. The van der Waals surface area contributed by atoms with E-state index >= 15 is 0 Å². The van der Waals surface area contributed by atoms with E-state index in [9.17, 15) is 4.79 Å². The molecule has 2 fully saturated rings. The van der Waals surface area contributed by atoms with Gasteiger partial charge in [0.1, 0.15) is 5.75 Å². The zero-order valence-electron chi connectivity index (χ0n) is 22.5. The molecule has 0 amide bonds. The molecule has 0 radical (unpaired) electrons. The molecule has 0 aliphatic heterocycles. The van der Waals surface area contributed by atoms with Gasteiger partial charge >= 0.3 is 5.97 Å². The van der Waals surface area contributed by atoms with Crippen LogP contribution in [0.5, 0.6) is 5.75 Å². The number of ether oxygens (including phenoxy) is 1. The van der Waals surface area contributed by atoms with Crippen molar-refractivity contribution in [2.24, 2.45) is 29.6 Å². The number of esters is 1. The molecule has 0 N–H and O–H groups in total. The number of hydrogen-bond acceptors (Lipinski definition) is 2. The number of rotatable bonds is 13. The Bertz CT molecular complexity index is 677. The molecule has 0 aromatic heterocycles. The lowest BCUT2D eigenvalue weighted by atomic mass is 9.68. The van der Waals surface area contributed by atoms with Crippen LogP contribution in [0.2, 0.25) is 0 Å². The first-order valence-electron chi connectivity index (χ1n) is 14.9. The topological polar surface area (TPSA) is 26.3 Å². The van der Waals surface area contributed by atoms with Crippen molar-refractivity contribution in [3.05, 3.63) is 29.8 Å². The van der Waals surface area contributed by atoms with Gasteiger partial charge in [0.05, 0.1) is 5.92 Å². The first kappa shape index (κ1) is 27.3. The monoisotopic (exact) mass is 468 g/mol. The van der Waals surface area contributed by atoms with E-state index in [1.54, 1.807) is 0 Å². The average molecular weight is 469 g/mol. The standard InChI is InChI=1S/C32H52O2/c1-4-6-7-8-9-10-11-26-12-16-28(17-13-26)29-18-20-30(21-19-29)32(33)34-31-22-14-27(15-23-31)24-25(3)5-2/h14-15,22-23,25-26,28-30H,4-13,16-21,24H2,1-3H3. The van der Waals surface area contributed by atoms with Gasteiger partial charge in [0.25, 0.3) is 0 Å². The van der Waals surface area contributed by atoms with Gasteiger partial charge in [-0.1, -0.05) is 97.1 Å². The van der Waals surface area contributed by atoms with Gasteiger partial charge in [-0.25, -0.2) is 0 Å². The lowest BCUT2D eigenvalue weighted by molar-refractivity contribution is -0.140. The van der Waals surface area contributed by atoms with E-state index < -0.39 is 0 Å². The van der Waals surface area contributed by atoms with Gasteiger partial charge in [0.2, 0.25) is 0 Å². The van der Waals surface area contributed by atoms with E-state index in [1.165, 1.54) is 95.5 Å². The number of carbonyl (C=O) groups is 1. The second kappa shape index (κ2) is 14.9. The molecule has 2 aliphatic carbocycles. The highest BCUT2D eigenvalue weighted by atomic mass is 16.5. The van der Waals surface area contributed by atoms with Crippen molar-refractivity contribution in [3.8, 4) is 5.75 Å². The third-order valence-electron chi connectivity index (χ3n) is 9.05. The number of carbonyl (C=O) groups excluding carboxylic acids is 1. The van der Waals surface area contributed by atoms with Crippen LogP contribution in [0.4, 0.5) is 0 Å². The highest BCUT2D eigenvalue weighted by Crippen LogP contribution is 2.42. The molecular weight excluding hydrogens is 416 g/mol. The normalized spacial score (nSPS) is 26.2. The Balaban J connectivity index is 1.31. The van der Waals surface area contributed by atoms with Gasteiger partial charge < -0.3 is 4.74 Å². The molecule has 0 heterocycles. The molecule has 0 saturated heterocycles. The Morgan fingerprint density at radius 3 is 2.03 bits per heavy atom. The highest BCUT2D eigenvalue weighted by Gasteiger charge is 2.33. The molecule has 2 nitrogen and oxygen atoms in total. The summed E-state index contributed by atoms with van der Waals surface area (Å²) in [6.45, 7) is 6.81. The largest absolute Gasteiger partial charge is 0.426 e. The van der Waals surface area contributed by atoms with E-state index in [4.69, 9.17) is 4.74 Å². The van der Waals surface area contributed by atoms with Crippen LogP contribution in [-0.4, -0.2) is 5.97 Å². The zero-order valence-corrected chi connectivity index (χ0v) is 22.5. The van der Waals surface area contributed by atoms with Crippen LogP contribution in [0.3, 0.4) is 0 Å². The molecule has 3 rings (SSSR count). The molecule has 1 aromatic carbocycles. The Kier molecular flexibility index (Phi) is 12.0. The summed E-state index contributed by atoms with van der Waals surface area (Å²) in [4.78, 5) is 12.8. The quantitative estimate of drug-likeness (QED) is 0.164. The molecule has 192 valence electrons. The SMILES string of the molecule is CCCCCCCCC1CCC(C2CCC(C(=O)Oc3ccc(CC(C)CC)cc3)CC2)CC1. The van der Waals surface area contributed by atoms with Gasteiger partial charge in [0.15, 0.2) is 0 Å². The second-order valence-corrected chi connectivity index (χ2v) is 11.7. The molecule has 1 aromatic rings. The van der Waals surface area contributed by atoms with E-state index in [0.29, 0.717) is 11.7 Å². The summed E-state index contributed by atoms with van der Waals surface area (Å²) < 4.78 is 5.76. The number of unbranched alkanes of at least 4 members (excludes halogenated alkanes) is 5. The van der Waals surface area contributed by atoms with Crippen LogP contribution in [0, 0.1) is 29.6 Å². The van der Waals surface area contributed by atoms with E-state index in [-0.39, 0.29) is 11.9 Å². The van der Waals surface area contributed by atoms with Crippen LogP contribution in [0.15, 0.2) is 24.3 Å². The summed E-state index contributed by atoms with van der Waals surface area (Å²) in [5.41, 5.74) is 1.33. The van der Waals surface area contributed by atoms with Crippen LogP contribution in [-0.2, 0) is 11.2 Å². The molecule has 2 aliphatic rings. The summed E-state index contributed by atoms with van der Waals surface area (Å²) in [5.74, 6) is 4.25. The third-order valence-corrected chi connectivity index (χ3v) is 9.05.